The first-order valence-electron chi connectivity index (χ1n) is 21.5. The third-order valence-corrected chi connectivity index (χ3v) is 11.9. The molecule has 0 saturated carbocycles. The molecule has 0 spiro atoms. The van der Waals surface area contributed by atoms with E-state index in [0.29, 0.717) is 34.7 Å². The van der Waals surface area contributed by atoms with E-state index in [1.807, 2.05) is 36.7 Å². The van der Waals surface area contributed by atoms with Gasteiger partial charge in [-0.2, -0.15) is 0 Å². The number of ether oxygens (including phenoxy) is 3. The van der Waals surface area contributed by atoms with Crippen LogP contribution in [0.25, 0.3) is 11.3 Å². The molecule has 1 aromatic heterocycles. The van der Waals surface area contributed by atoms with E-state index in [1.165, 1.54) is 96.3 Å². The van der Waals surface area contributed by atoms with Crippen LogP contribution in [-0.4, -0.2) is 64.5 Å². The topological polar surface area (TPSA) is 133 Å². The van der Waals surface area contributed by atoms with Crippen molar-refractivity contribution in [1.82, 2.24) is 9.47 Å². The Morgan fingerprint density at radius 2 is 1.51 bits per heavy atom. The number of rotatable bonds is 22. The maximum absolute atomic E-state index is 15.1. The molecule has 2 heterocycles. The molecule has 12 heteroatoms. The predicted molar refractivity (Wildman–Crippen MR) is 230 cm³/mol. The largest absolute Gasteiger partial charge is 0.496 e. The molecule has 1 unspecified atom stereocenters. The number of unbranched alkanes of at least 4 members (excludes halogenated alkanes) is 12. The molecular formula is C47H62ClN3O8. The van der Waals surface area contributed by atoms with E-state index >= 15 is 4.79 Å². The number of nitrogens with zero attached hydrogens (tertiary/aromatic N) is 2. The Hall–Kier alpha value is -4.64. The number of imide groups is 1. The van der Waals surface area contributed by atoms with Gasteiger partial charge in [-0.25, -0.2) is 14.5 Å². The van der Waals surface area contributed by atoms with Crippen LogP contribution in [0.15, 0.2) is 36.4 Å². The molecule has 1 fully saturated rings. The molecule has 2 aromatic carbocycles. The maximum atomic E-state index is 15.1. The molecule has 1 saturated heterocycles. The quantitative estimate of drug-likeness (QED) is 0.0458. The van der Waals surface area contributed by atoms with Gasteiger partial charge in [0, 0.05) is 18.3 Å². The van der Waals surface area contributed by atoms with Gasteiger partial charge in [-0.3, -0.25) is 14.4 Å². The summed E-state index contributed by atoms with van der Waals surface area (Å²) in [6, 6.07) is 7.94. The zero-order valence-electron chi connectivity index (χ0n) is 35.8. The van der Waals surface area contributed by atoms with Gasteiger partial charge in [0.2, 0.25) is 0 Å². The van der Waals surface area contributed by atoms with Crippen molar-refractivity contribution in [3.63, 3.8) is 0 Å². The summed E-state index contributed by atoms with van der Waals surface area (Å²) in [6.07, 6.45) is 17.6. The molecule has 320 valence electrons. The van der Waals surface area contributed by atoms with Gasteiger partial charge in [0.05, 0.1) is 35.7 Å². The number of aryl methyl sites for hydroxylation is 1. The molecule has 59 heavy (non-hydrogen) atoms. The smallest absolute Gasteiger partial charge is 0.418 e. The van der Waals surface area contributed by atoms with Crippen molar-refractivity contribution in [3.05, 3.63) is 69.4 Å². The number of Topliss-reactive ketones (excluding diaryl/α,β-unsaturated/α-hetero) is 1. The number of benzene rings is 2. The van der Waals surface area contributed by atoms with Crippen molar-refractivity contribution in [2.75, 3.05) is 19.0 Å². The number of esters is 1. The number of hydrogen-bond donors (Lipinski definition) is 1. The Morgan fingerprint density at radius 3 is 2.10 bits per heavy atom. The Bertz CT molecular complexity index is 2000. The van der Waals surface area contributed by atoms with Gasteiger partial charge < -0.3 is 24.1 Å². The fourth-order valence-corrected chi connectivity index (χ4v) is 8.48. The Kier molecular flexibility index (Phi) is 16.2. The van der Waals surface area contributed by atoms with E-state index in [1.54, 1.807) is 7.11 Å². The third kappa shape index (κ3) is 11.0. The SMILES string of the molecule is CCCCCCCCCCCCCCCOC(=O)c1ccc(Cl)c(NC(=O)C(C(=O)c2c3c(n(C)c2-c2ccc(OC)c(C)c2)CCCC3)N2C(=O)OC(C)(C)C2=O)c1. The van der Waals surface area contributed by atoms with Crippen LogP contribution in [0.5, 0.6) is 5.75 Å². The van der Waals surface area contributed by atoms with Crippen molar-refractivity contribution in [2.45, 2.75) is 148 Å². The number of fused-ring (bicyclic) bond motifs is 1. The molecular weight excluding hydrogens is 770 g/mol. The molecule has 3 aromatic rings. The number of amides is 3. The second-order valence-corrected chi connectivity index (χ2v) is 16.9. The third-order valence-electron chi connectivity index (χ3n) is 11.6. The van der Waals surface area contributed by atoms with E-state index in [-0.39, 0.29) is 28.4 Å². The van der Waals surface area contributed by atoms with Crippen LogP contribution >= 0.6 is 11.6 Å². The zero-order valence-corrected chi connectivity index (χ0v) is 36.6. The number of aromatic nitrogens is 1. The molecule has 1 N–H and O–H groups in total. The minimum atomic E-state index is -1.95. The van der Waals surface area contributed by atoms with Gasteiger partial charge in [-0.1, -0.05) is 95.6 Å². The zero-order chi connectivity index (χ0) is 42.7. The average molecular weight is 832 g/mol. The van der Waals surface area contributed by atoms with Gasteiger partial charge in [-0.15, -0.1) is 0 Å². The lowest BCUT2D eigenvalue weighted by atomic mass is 9.89. The summed E-state index contributed by atoms with van der Waals surface area (Å²) in [4.78, 5) is 70.5. The van der Waals surface area contributed by atoms with Crippen LogP contribution < -0.4 is 10.1 Å². The Morgan fingerprint density at radius 1 is 0.881 bits per heavy atom. The molecule has 1 atom stereocenters. The normalized spacial score (nSPS) is 15.1. The van der Waals surface area contributed by atoms with Crippen LogP contribution in [-0.2, 0) is 39.0 Å². The summed E-state index contributed by atoms with van der Waals surface area (Å²) in [5.41, 5.74) is 2.66. The molecule has 0 radical (unpaired) electrons. The Labute approximate surface area is 354 Å². The highest BCUT2D eigenvalue weighted by atomic mass is 35.5. The molecule has 0 bridgehead atoms. The lowest BCUT2D eigenvalue weighted by Crippen LogP contribution is -2.53. The number of ketones is 1. The van der Waals surface area contributed by atoms with Crippen LogP contribution in [0.2, 0.25) is 5.02 Å². The fourth-order valence-electron chi connectivity index (χ4n) is 8.32. The van der Waals surface area contributed by atoms with E-state index in [0.717, 1.165) is 48.9 Å². The number of carbonyl (C=O) groups is 5. The summed E-state index contributed by atoms with van der Waals surface area (Å²) in [5.74, 6) is -2.47. The van der Waals surface area contributed by atoms with Gasteiger partial charge in [0.1, 0.15) is 5.75 Å². The van der Waals surface area contributed by atoms with Gasteiger partial charge in [0.15, 0.2) is 17.4 Å². The highest BCUT2D eigenvalue weighted by Crippen LogP contribution is 2.39. The van der Waals surface area contributed by atoms with E-state index < -0.39 is 41.3 Å². The minimum Gasteiger partial charge on any atom is -0.496 e. The minimum absolute atomic E-state index is 0.0187. The second kappa shape index (κ2) is 21.1. The molecule has 1 aliphatic carbocycles. The molecule has 2 aliphatic rings. The van der Waals surface area contributed by atoms with E-state index in [2.05, 4.69) is 12.2 Å². The van der Waals surface area contributed by atoms with Crippen molar-refractivity contribution < 1.29 is 38.2 Å². The number of halogens is 1. The lowest BCUT2D eigenvalue weighted by molar-refractivity contribution is -0.137. The standard InChI is InChI=1S/C47H62ClN3O8/c1-7-8-9-10-11-12-13-14-15-16-17-18-21-28-58-44(54)33-24-26-35(48)36(30-33)49-43(53)41(51-45(55)47(3,4)59-46(51)56)42(52)39-34-22-19-20-23-37(34)50(5)40(39)32-25-27-38(57-6)31(2)29-32/h24-27,29-30,41H,7-23,28H2,1-6H3,(H,49,53). The number of anilines is 1. The Balaban J connectivity index is 1.31. The molecule has 1 aliphatic heterocycles. The molecule has 3 amide bonds. The maximum Gasteiger partial charge on any atom is 0.418 e. The first kappa shape index (κ1) is 45.4. The summed E-state index contributed by atoms with van der Waals surface area (Å²) in [5, 5.41) is 2.75. The summed E-state index contributed by atoms with van der Waals surface area (Å²) in [7, 11) is 3.47. The van der Waals surface area contributed by atoms with E-state index in [4.69, 9.17) is 25.8 Å². The van der Waals surface area contributed by atoms with Crippen molar-refractivity contribution in [1.29, 1.82) is 0 Å². The van der Waals surface area contributed by atoms with E-state index in [9.17, 15) is 19.2 Å². The highest BCUT2D eigenvalue weighted by Gasteiger charge is 2.54. The monoisotopic (exact) mass is 831 g/mol. The number of hydrogen-bond acceptors (Lipinski definition) is 8. The summed E-state index contributed by atoms with van der Waals surface area (Å²) >= 11 is 6.55. The average Bonchev–Trinajstić information content (AvgIpc) is 3.62. The number of cyclic esters (lactones) is 1. The van der Waals surface area contributed by atoms with Crippen LogP contribution in [0.3, 0.4) is 0 Å². The number of nitrogens with one attached hydrogen (secondary N) is 1. The van der Waals surface area contributed by atoms with Crippen LogP contribution in [0, 0.1) is 6.92 Å². The second-order valence-electron chi connectivity index (χ2n) is 16.5. The summed E-state index contributed by atoms with van der Waals surface area (Å²) < 4.78 is 18.4. The van der Waals surface area contributed by atoms with Gasteiger partial charge in [-0.05, 0) is 106 Å². The molecule has 5 rings (SSSR count). The van der Waals surface area contributed by atoms with Crippen LogP contribution in [0.1, 0.15) is 155 Å². The number of methoxy groups -OCH3 is 1. The lowest BCUT2D eigenvalue weighted by Gasteiger charge is -2.24. The number of carbonyl (C=O) groups excluding carboxylic acids is 5. The van der Waals surface area contributed by atoms with Crippen molar-refractivity contribution >= 4 is 46.9 Å². The fraction of sp³-hybridized carbons (Fsp3) is 0.553. The highest BCUT2D eigenvalue weighted by molar-refractivity contribution is 6.34. The van der Waals surface area contributed by atoms with Gasteiger partial charge >= 0.3 is 12.1 Å². The first-order chi connectivity index (χ1) is 28.3. The van der Waals surface area contributed by atoms with Crippen molar-refractivity contribution in [2.24, 2.45) is 7.05 Å². The van der Waals surface area contributed by atoms with Crippen LogP contribution in [0.4, 0.5) is 10.5 Å². The first-order valence-corrected chi connectivity index (χ1v) is 21.9. The summed E-state index contributed by atoms with van der Waals surface area (Å²) in [6.45, 7) is 7.21. The molecule has 11 nitrogen and oxygen atoms in total. The van der Waals surface area contributed by atoms with Crippen molar-refractivity contribution in [3.8, 4) is 17.0 Å². The van der Waals surface area contributed by atoms with Gasteiger partial charge in [0.25, 0.3) is 11.8 Å². The predicted octanol–water partition coefficient (Wildman–Crippen LogP) is 10.7.